The maximum atomic E-state index is 13.1. The van der Waals surface area contributed by atoms with E-state index >= 15 is 0 Å². The van der Waals surface area contributed by atoms with Crippen molar-refractivity contribution >= 4 is 33.2 Å². The molecule has 23 heavy (non-hydrogen) atoms. The molecule has 0 aliphatic rings. The van der Waals surface area contributed by atoms with E-state index < -0.39 is 0 Å². The van der Waals surface area contributed by atoms with Crippen molar-refractivity contribution in [1.82, 2.24) is 9.38 Å². The molecule has 3 aromatic rings. The van der Waals surface area contributed by atoms with E-state index in [1.807, 2.05) is 60.8 Å². The number of halogens is 1. The minimum Gasteiger partial charge on any atom is -0.310 e. The lowest BCUT2D eigenvalue weighted by molar-refractivity contribution is 0.0986. The van der Waals surface area contributed by atoms with Gasteiger partial charge in [-0.15, -0.1) is 0 Å². The first-order valence-corrected chi connectivity index (χ1v) is 8.32. The van der Waals surface area contributed by atoms with Crippen LogP contribution >= 0.6 is 15.9 Å². The first kappa shape index (κ1) is 15.7. The molecule has 0 N–H and O–H groups in total. The van der Waals surface area contributed by atoms with Crippen molar-refractivity contribution in [3.63, 3.8) is 0 Å². The van der Waals surface area contributed by atoms with Crippen molar-refractivity contribution in [3.05, 3.63) is 64.0 Å². The van der Waals surface area contributed by atoms with Crippen molar-refractivity contribution in [1.29, 1.82) is 0 Å². The number of hydrogen-bond donors (Lipinski definition) is 0. The Kier molecular flexibility index (Phi) is 4.22. The summed E-state index contributed by atoms with van der Waals surface area (Å²) < 4.78 is 2.79. The molecule has 118 valence electrons. The predicted octanol–water partition coefficient (Wildman–Crippen LogP) is 4.24. The van der Waals surface area contributed by atoms with Crippen molar-refractivity contribution in [2.75, 3.05) is 11.9 Å². The number of rotatable bonds is 3. The third kappa shape index (κ3) is 2.77. The lowest BCUT2D eigenvalue weighted by atomic mass is 10.2. The number of fused-ring (bicyclic) bond motifs is 1. The number of aryl methyl sites for hydroxylation is 2. The minimum atomic E-state index is -0.0574. The highest BCUT2D eigenvalue weighted by atomic mass is 79.9. The molecular weight excluding hydrogens is 354 g/mol. The molecule has 2 heterocycles. The summed E-state index contributed by atoms with van der Waals surface area (Å²) in [7, 11) is 1.79. The maximum absolute atomic E-state index is 13.1. The number of carbonyl (C=O) groups excluding carboxylic acids is 1. The first-order chi connectivity index (χ1) is 11.0. The van der Waals surface area contributed by atoms with Crippen molar-refractivity contribution < 1.29 is 4.79 Å². The van der Waals surface area contributed by atoms with Crippen molar-refractivity contribution in [2.24, 2.45) is 0 Å². The molecule has 0 radical (unpaired) electrons. The SMILES string of the molecule is CCc1nc2c(Br)cc(C)cn2c1C(=O)N(C)c1ccccc1. The van der Waals surface area contributed by atoms with Crippen LogP contribution in [0, 0.1) is 6.92 Å². The fourth-order valence-corrected chi connectivity index (χ4v) is 3.32. The zero-order chi connectivity index (χ0) is 16.6. The van der Waals surface area contributed by atoms with Gasteiger partial charge in [0.15, 0.2) is 5.65 Å². The summed E-state index contributed by atoms with van der Waals surface area (Å²) in [6, 6.07) is 11.6. The lowest BCUT2D eigenvalue weighted by Gasteiger charge is -2.17. The quantitative estimate of drug-likeness (QED) is 0.690. The number of anilines is 1. The molecule has 4 nitrogen and oxygen atoms in total. The van der Waals surface area contributed by atoms with Crippen LogP contribution in [-0.4, -0.2) is 22.3 Å². The molecule has 0 saturated carbocycles. The Bertz CT molecular complexity index is 871. The average Bonchev–Trinajstić information content (AvgIpc) is 2.93. The van der Waals surface area contributed by atoms with E-state index in [9.17, 15) is 4.79 Å². The van der Waals surface area contributed by atoms with E-state index in [2.05, 4.69) is 20.9 Å². The summed E-state index contributed by atoms with van der Waals surface area (Å²) in [6.45, 7) is 4.02. The Morgan fingerprint density at radius 3 is 2.65 bits per heavy atom. The zero-order valence-corrected chi connectivity index (χ0v) is 15.0. The van der Waals surface area contributed by atoms with Gasteiger partial charge in [-0.3, -0.25) is 9.20 Å². The molecule has 1 aromatic carbocycles. The van der Waals surface area contributed by atoms with Crippen LogP contribution in [0.1, 0.15) is 28.7 Å². The highest BCUT2D eigenvalue weighted by molar-refractivity contribution is 9.10. The Labute approximate surface area is 143 Å². The number of aromatic nitrogens is 2. The number of carbonyl (C=O) groups is 1. The van der Waals surface area contributed by atoms with Gasteiger partial charge in [0, 0.05) is 18.9 Å². The highest BCUT2D eigenvalue weighted by Crippen LogP contribution is 2.25. The van der Waals surface area contributed by atoms with Gasteiger partial charge in [-0.1, -0.05) is 25.1 Å². The van der Waals surface area contributed by atoms with Crippen LogP contribution < -0.4 is 4.90 Å². The zero-order valence-electron chi connectivity index (χ0n) is 13.4. The van der Waals surface area contributed by atoms with Crippen molar-refractivity contribution in [3.8, 4) is 0 Å². The molecule has 0 spiro atoms. The third-order valence-electron chi connectivity index (χ3n) is 3.87. The summed E-state index contributed by atoms with van der Waals surface area (Å²) in [5, 5.41) is 0. The molecule has 0 atom stereocenters. The molecule has 5 heteroatoms. The third-order valence-corrected chi connectivity index (χ3v) is 4.45. The number of hydrogen-bond acceptors (Lipinski definition) is 2. The summed E-state index contributed by atoms with van der Waals surface area (Å²) >= 11 is 3.55. The van der Waals surface area contributed by atoms with Crippen LogP contribution in [0.15, 0.2) is 47.1 Å². The van der Waals surface area contributed by atoms with Crippen LogP contribution in [0.3, 0.4) is 0 Å². The van der Waals surface area contributed by atoms with Gasteiger partial charge in [0.1, 0.15) is 5.69 Å². The highest BCUT2D eigenvalue weighted by Gasteiger charge is 2.23. The fourth-order valence-electron chi connectivity index (χ4n) is 2.68. The number of nitrogens with zero attached hydrogens (tertiary/aromatic N) is 3. The number of pyridine rings is 1. The molecule has 2 aromatic heterocycles. The van der Waals surface area contributed by atoms with Crippen LogP contribution in [0.4, 0.5) is 5.69 Å². The van der Waals surface area contributed by atoms with Gasteiger partial charge < -0.3 is 4.90 Å². The predicted molar refractivity (Wildman–Crippen MR) is 96.2 cm³/mol. The van der Waals surface area contributed by atoms with E-state index in [1.165, 1.54) is 0 Å². The van der Waals surface area contributed by atoms with Crippen molar-refractivity contribution in [2.45, 2.75) is 20.3 Å². The molecule has 0 aliphatic carbocycles. The summed E-state index contributed by atoms with van der Waals surface area (Å²) in [5.74, 6) is -0.0574. The Morgan fingerprint density at radius 2 is 2.00 bits per heavy atom. The fraction of sp³-hybridized carbons (Fsp3) is 0.222. The molecule has 0 unspecified atom stereocenters. The second kappa shape index (κ2) is 6.16. The molecule has 1 amide bonds. The molecule has 3 rings (SSSR count). The second-order valence-electron chi connectivity index (χ2n) is 5.52. The van der Waals surface area contributed by atoms with Gasteiger partial charge in [0.05, 0.1) is 10.2 Å². The molecule has 0 bridgehead atoms. The molecular formula is C18H18BrN3O. The van der Waals surface area contributed by atoms with E-state index in [0.717, 1.165) is 27.1 Å². The Morgan fingerprint density at radius 1 is 1.30 bits per heavy atom. The minimum absolute atomic E-state index is 0.0574. The molecule has 0 fully saturated rings. The van der Waals surface area contributed by atoms with Gasteiger partial charge in [0.25, 0.3) is 5.91 Å². The van der Waals surface area contributed by atoms with E-state index in [1.54, 1.807) is 11.9 Å². The van der Waals surface area contributed by atoms with Crippen LogP contribution in [0.5, 0.6) is 0 Å². The van der Waals surface area contributed by atoms with E-state index in [4.69, 9.17) is 0 Å². The number of para-hydroxylation sites is 1. The standard InChI is InChI=1S/C18H18BrN3O/c1-4-15-16(18(23)21(3)13-8-6-5-7-9-13)22-11-12(2)10-14(19)17(22)20-15/h5-11H,4H2,1-3H3. The smallest absolute Gasteiger partial charge is 0.276 e. The van der Waals surface area contributed by atoms with Crippen LogP contribution in [-0.2, 0) is 6.42 Å². The van der Waals surface area contributed by atoms with Gasteiger partial charge in [-0.2, -0.15) is 0 Å². The molecule has 0 saturated heterocycles. The van der Waals surface area contributed by atoms with Gasteiger partial charge >= 0.3 is 0 Å². The average molecular weight is 372 g/mol. The second-order valence-corrected chi connectivity index (χ2v) is 6.37. The topological polar surface area (TPSA) is 37.6 Å². The summed E-state index contributed by atoms with van der Waals surface area (Å²) in [6.07, 6.45) is 2.66. The first-order valence-electron chi connectivity index (χ1n) is 7.53. The Hall–Kier alpha value is -2.14. The van der Waals surface area contributed by atoms with Gasteiger partial charge in [-0.05, 0) is 53.0 Å². The van der Waals surface area contributed by atoms with E-state index in [-0.39, 0.29) is 5.91 Å². The number of benzene rings is 1. The van der Waals surface area contributed by atoms with Crippen LogP contribution in [0.2, 0.25) is 0 Å². The van der Waals surface area contributed by atoms with E-state index in [0.29, 0.717) is 12.1 Å². The summed E-state index contributed by atoms with van der Waals surface area (Å²) in [4.78, 5) is 19.4. The largest absolute Gasteiger partial charge is 0.310 e. The monoisotopic (exact) mass is 371 g/mol. The normalized spacial score (nSPS) is 11.0. The number of imidazole rings is 1. The Balaban J connectivity index is 2.16. The van der Waals surface area contributed by atoms with Crippen LogP contribution in [0.25, 0.3) is 5.65 Å². The summed E-state index contributed by atoms with van der Waals surface area (Å²) in [5.41, 5.74) is 4.14. The molecule has 0 aliphatic heterocycles. The maximum Gasteiger partial charge on any atom is 0.276 e. The number of amides is 1. The van der Waals surface area contributed by atoms with Gasteiger partial charge in [0.2, 0.25) is 0 Å². The van der Waals surface area contributed by atoms with Gasteiger partial charge in [-0.25, -0.2) is 4.98 Å². The lowest BCUT2D eigenvalue weighted by Crippen LogP contribution is -2.28.